The molecule has 0 atom stereocenters. The second kappa shape index (κ2) is 11.3. The number of carbonyl (C=O) groups excluding carboxylic acids is 1. The van der Waals surface area contributed by atoms with Crippen LogP contribution in [0, 0.1) is 11.8 Å². The van der Waals surface area contributed by atoms with Gasteiger partial charge in [0.1, 0.15) is 0 Å². The molecule has 0 amide bonds. The molecule has 0 bridgehead atoms. The molecule has 0 aliphatic carbocycles. The lowest BCUT2D eigenvalue weighted by Crippen LogP contribution is -2.46. The van der Waals surface area contributed by atoms with E-state index in [9.17, 15) is 4.79 Å². The van der Waals surface area contributed by atoms with Gasteiger partial charge in [0.2, 0.25) is 0 Å². The third kappa shape index (κ3) is 7.68. The van der Waals surface area contributed by atoms with Crippen LogP contribution in [-0.4, -0.2) is 62.8 Å². The molecule has 0 aromatic carbocycles. The van der Waals surface area contributed by atoms with Gasteiger partial charge in [-0.2, -0.15) is 0 Å². The van der Waals surface area contributed by atoms with Gasteiger partial charge in [0, 0.05) is 26.2 Å². The van der Waals surface area contributed by atoms with Crippen molar-refractivity contribution in [3.63, 3.8) is 0 Å². The first kappa shape index (κ1) is 19.7. The number of guanidine groups is 1. The molecule has 6 nitrogen and oxygen atoms in total. The van der Waals surface area contributed by atoms with Crippen LogP contribution < -0.4 is 5.32 Å². The number of rotatable bonds is 8. The summed E-state index contributed by atoms with van der Waals surface area (Å²) in [5.41, 5.74) is 0. The highest BCUT2D eigenvalue weighted by molar-refractivity contribution is 5.80. The zero-order valence-electron chi connectivity index (χ0n) is 15.1. The number of piperidine rings is 1. The van der Waals surface area contributed by atoms with Crippen molar-refractivity contribution in [2.24, 2.45) is 16.8 Å². The minimum absolute atomic E-state index is 0.0310. The van der Waals surface area contributed by atoms with Gasteiger partial charge in [-0.3, -0.25) is 9.79 Å². The van der Waals surface area contributed by atoms with Gasteiger partial charge in [0.25, 0.3) is 0 Å². The van der Waals surface area contributed by atoms with Crippen molar-refractivity contribution in [1.82, 2.24) is 10.2 Å². The second-order valence-electron chi connectivity index (χ2n) is 6.22. The van der Waals surface area contributed by atoms with Crippen molar-refractivity contribution in [3.05, 3.63) is 0 Å². The highest BCUT2D eigenvalue weighted by atomic mass is 16.5. The van der Waals surface area contributed by atoms with Crippen LogP contribution in [0.3, 0.4) is 0 Å². The number of aliphatic imine (C=N–C) groups is 1. The van der Waals surface area contributed by atoms with E-state index < -0.39 is 0 Å². The Morgan fingerprint density at radius 3 is 2.57 bits per heavy atom. The summed E-state index contributed by atoms with van der Waals surface area (Å²) >= 11 is 0. The number of carbonyl (C=O) groups is 1. The van der Waals surface area contributed by atoms with E-state index in [1.54, 1.807) is 0 Å². The molecule has 1 saturated heterocycles. The Morgan fingerprint density at radius 2 is 2.00 bits per heavy atom. The van der Waals surface area contributed by atoms with Crippen LogP contribution in [0.1, 0.15) is 40.5 Å². The van der Waals surface area contributed by atoms with E-state index in [-0.39, 0.29) is 11.9 Å². The van der Waals surface area contributed by atoms with E-state index >= 15 is 0 Å². The Balaban J connectivity index is 2.41. The Bertz CT molecular complexity index is 364. The number of hydrogen-bond donors (Lipinski definition) is 1. The summed E-state index contributed by atoms with van der Waals surface area (Å²) in [6.45, 7) is 13.2. The molecule has 1 N–H and O–H groups in total. The standard InChI is InChI=1S/C17H33N3O3/c1-5-18-17(19-9-12-22-13-14(3)4)20-10-7-15(8-11-20)16(21)23-6-2/h14-15H,5-13H2,1-4H3,(H,18,19). The summed E-state index contributed by atoms with van der Waals surface area (Å²) in [6, 6.07) is 0. The Morgan fingerprint density at radius 1 is 1.30 bits per heavy atom. The van der Waals surface area contributed by atoms with Gasteiger partial charge in [0.15, 0.2) is 5.96 Å². The molecule has 0 aromatic rings. The first-order chi connectivity index (χ1) is 11.1. The lowest BCUT2D eigenvalue weighted by Gasteiger charge is -2.33. The average Bonchev–Trinajstić information content (AvgIpc) is 2.53. The fourth-order valence-electron chi connectivity index (χ4n) is 2.55. The molecule has 23 heavy (non-hydrogen) atoms. The normalized spacial score (nSPS) is 16.7. The monoisotopic (exact) mass is 327 g/mol. The summed E-state index contributed by atoms with van der Waals surface area (Å²) in [5.74, 6) is 1.44. The molecule has 1 aliphatic rings. The summed E-state index contributed by atoms with van der Waals surface area (Å²) in [7, 11) is 0. The number of ether oxygens (including phenoxy) is 2. The highest BCUT2D eigenvalue weighted by Crippen LogP contribution is 2.18. The van der Waals surface area contributed by atoms with Crippen molar-refractivity contribution in [2.75, 3.05) is 46.0 Å². The quantitative estimate of drug-likeness (QED) is 0.319. The molecule has 0 spiro atoms. The summed E-state index contributed by atoms with van der Waals surface area (Å²) in [6.07, 6.45) is 1.65. The van der Waals surface area contributed by atoms with Crippen molar-refractivity contribution in [3.8, 4) is 0 Å². The fourth-order valence-corrected chi connectivity index (χ4v) is 2.55. The number of esters is 1. The maximum absolute atomic E-state index is 11.8. The van der Waals surface area contributed by atoms with E-state index in [0.717, 1.165) is 45.0 Å². The van der Waals surface area contributed by atoms with Gasteiger partial charge in [0.05, 0.1) is 25.7 Å². The molecule has 1 heterocycles. The minimum Gasteiger partial charge on any atom is -0.466 e. The maximum Gasteiger partial charge on any atom is 0.309 e. The molecule has 0 radical (unpaired) electrons. The van der Waals surface area contributed by atoms with Crippen LogP contribution in [0.15, 0.2) is 4.99 Å². The van der Waals surface area contributed by atoms with Crippen molar-refractivity contribution in [2.45, 2.75) is 40.5 Å². The molecular weight excluding hydrogens is 294 g/mol. The molecular formula is C17H33N3O3. The predicted molar refractivity (Wildman–Crippen MR) is 92.6 cm³/mol. The van der Waals surface area contributed by atoms with Crippen LogP contribution in [0.2, 0.25) is 0 Å². The zero-order valence-corrected chi connectivity index (χ0v) is 15.1. The highest BCUT2D eigenvalue weighted by Gasteiger charge is 2.27. The van der Waals surface area contributed by atoms with E-state index in [0.29, 0.717) is 25.7 Å². The molecule has 0 unspecified atom stereocenters. The largest absolute Gasteiger partial charge is 0.466 e. The van der Waals surface area contributed by atoms with E-state index in [4.69, 9.17) is 9.47 Å². The van der Waals surface area contributed by atoms with Crippen molar-refractivity contribution < 1.29 is 14.3 Å². The summed E-state index contributed by atoms with van der Waals surface area (Å²) in [5, 5.41) is 3.33. The maximum atomic E-state index is 11.8. The molecule has 6 heteroatoms. The van der Waals surface area contributed by atoms with Crippen LogP contribution in [0.5, 0.6) is 0 Å². The average molecular weight is 327 g/mol. The SMILES string of the molecule is CCNC(=NCCOCC(C)C)N1CCC(C(=O)OCC)CC1. The first-order valence-corrected chi connectivity index (χ1v) is 8.86. The number of nitrogens with one attached hydrogen (secondary N) is 1. The Hall–Kier alpha value is -1.30. The number of nitrogens with zero attached hydrogens (tertiary/aromatic N) is 2. The van der Waals surface area contributed by atoms with E-state index in [1.165, 1.54) is 0 Å². The first-order valence-electron chi connectivity index (χ1n) is 8.86. The number of hydrogen-bond acceptors (Lipinski definition) is 4. The lowest BCUT2D eigenvalue weighted by atomic mass is 9.97. The lowest BCUT2D eigenvalue weighted by molar-refractivity contribution is -0.149. The van der Waals surface area contributed by atoms with Gasteiger partial charge in [-0.25, -0.2) is 0 Å². The number of likely N-dealkylation sites (tertiary alicyclic amines) is 1. The van der Waals surface area contributed by atoms with Gasteiger partial charge >= 0.3 is 5.97 Å². The molecule has 1 rings (SSSR count). The Kier molecular flexibility index (Phi) is 9.67. The van der Waals surface area contributed by atoms with Gasteiger partial charge in [-0.05, 0) is 32.6 Å². The summed E-state index contributed by atoms with van der Waals surface area (Å²) < 4.78 is 10.7. The van der Waals surface area contributed by atoms with Crippen molar-refractivity contribution >= 4 is 11.9 Å². The molecule has 0 aromatic heterocycles. The van der Waals surface area contributed by atoms with E-state index in [1.807, 2.05) is 6.92 Å². The smallest absolute Gasteiger partial charge is 0.309 e. The second-order valence-corrected chi connectivity index (χ2v) is 6.22. The third-order valence-electron chi connectivity index (χ3n) is 3.70. The predicted octanol–water partition coefficient (Wildman–Crippen LogP) is 1.90. The van der Waals surface area contributed by atoms with Crippen LogP contribution in [-0.2, 0) is 14.3 Å². The van der Waals surface area contributed by atoms with Crippen molar-refractivity contribution in [1.29, 1.82) is 0 Å². The molecule has 1 aliphatic heterocycles. The minimum atomic E-state index is -0.0591. The van der Waals surface area contributed by atoms with Gasteiger partial charge in [-0.1, -0.05) is 13.8 Å². The van der Waals surface area contributed by atoms with Crippen LogP contribution in [0.4, 0.5) is 0 Å². The topological polar surface area (TPSA) is 63.2 Å². The van der Waals surface area contributed by atoms with Gasteiger partial charge in [-0.15, -0.1) is 0 Å². The van der Waals surface area contributed by atoms with Crippen LogP contribution in [0.25, 0.3) is 0 Å². The molecule has 134 valence electrons. The zero-order chi connectivity index (χ0) is 17.1. The molecule has 1 fully saturated rings. The van der Waals surface area contributed by atoms with Gasteiger partial charge < -0.3 is 19.7 Å². The fraction of sp³-hybridized carbons (Fsp3) is 0.882. The van der Waals surface area contributed by atoms with Crippen LogP contribution >= 0.6 is 0 Å². The Labute approximate surface area is 140 Å². The summed E-state index contributed by atoms with van der Waals surface area (Å²) in [4.78, 5) is 18.7. The van der Waals surface area contributed by atoms with E-state index in [2.05, 4.69) is 36.0 Å². The molecule has 0 saturated carbocycles. The third-order valence-corrected chi connectivity index (χ3v) is 3.70.